The van der Waals surface area contributed by atoms with Crippen LogP contribution < -0.4 is 0 Å². The molecule has 2 aliphatic heterocycles. The second-order valence-corrected chi connectivity index (χ2v) is 8.54. The Kier molecular flexibility index (Phi) is 3.28. The Morgan fingerprint density at radius 1 is 1.10 bits per heavy atom. The van der Waals surface area contributed by atoms with Gasteiger partial charge >= 0.3 is 0 Å². The molecule has 2 bridgehead atoms. The van der Waals surface area contributed by atoms with Gasteiger partial charge in [-0.1, -0.05) is 31.9 Å². The molecule has 0 spiro atoms. The van der Waals surface area contributed by atoms with Crippen LogP contribution in [-0.4, -0.2) is 45.6 Å². The van der Waals surface area contributed by atoms with Gasteiger partial charge in [-0.15, -0.1) is 0 Å². The van der Waals surface area contributed by atoms with Gasteiger partial charge in [0.15, 0.2) is 0 Å². The SMILES string of the molecule is O=C1[C@@H]2[C@H]3C[C@@H]([C@H](Br)[C@H]3Br)[C@H]2C(=O)N1C[C@@H]1CCCO1. The molecule has 6 heteroatoms. The molecule has 4 rings (SSSR count). The largest absolute Gasteiger partial charge is 0.376 e. The van der Waals surface area contributed by atoms with Crippen molar-refractivity contribution in [3.8, 4) is 0 Å². The van der Waals surface area contributed by atoms with Crippen LogP contribution in [0.15, 0.2) is 0 Å². The number of hydrogen-bond donors (Lipinski definition) is 0. The fourth-order valence-corrected chi connectivity index (χ4v) is 6.46. The van der Waals surface area contributed by atoms with Crippen LogP contribution in [0.5, 0.6) is 0 Å². The highest BCUT2D eigenvalue weighted by Gasteiger charge is 2.66. The van der Waals surface area contributed by atoms with E-state index in [4.69, 9.17) is 4.74 Å². The molecule has 0 aromatic heterocycles. The van der Waals surface area contributed by atoms with Crippen molar-refractivity contribution in [2.45, 2.75) is 35.0 Å². The van der Waals surface area contributed by atoms with E-state index in [-0.39, 0.29) is 29.8 Å². The number of halogens is 2. The lowest BCUT2D eigenvalue weighted by molar-refractivity contribution is -0.142. The Morgan fingerprint density at radius 3 is 2.20 bits per heavy atom. The maximum atomic E-state index is 12.6. The van der Waals surface area contributed by atoms with E-state index >= 15 is 0 Å². The number of amides is 2. The molecular weight excluding hydrogens is 390 g/mol. The number of imide groups is 1. The molecule has 2 heterocycles. The smallest absolute Gasteiger partial charge is 0.233 e. The van der Waals surface area contributed by atoms with E-state index in [0.717, 1.165) is 25.9 Å². The third-order valence-electron chi connectivity index (χ3n) is 5.49. The molecule has 0 N–H and O–H groups in total. The summed E-state index contributed by atoms with van der Waals surface area (Å²) >= 11 is 7.40. The Hall–Kier alpha value is 0.0600. The number of rotatable bonds is 2. The highest BCUT2D eigenvalue weighted by molar-refractivity contribution is 9.12. The summed E-state index contributed by atoms with van der Waals surface area (Å²) in [6.45, 7) is 1.22. The molecule has 4 nitrogen and oxygen atoms in total. The lowest BCUT2D eigenvalue weighted by Crippen LogP contribution is -2.38. The Bertz CT molecular complexity index is 433. The number of ether oxygens (including phenoxy) is 1. The summed E-state index contributed by atoms with van der Waals surface area (Å²) in [5.41, 5.74) is 0. The van der Waals surface area contributed by atoms with Crippen LogP contribution in [0, 0.1) is 23.7 Å². The van der Waals surface area contributed by atoms with Crippen molar-refractivity contribution in [1.82, 2.24) is 4.90 Å². The van der Waals surface area contributed by atoms with E-state index in [9.17, 15) is 9.59 Å². The van der Waals surface area contributed by atoms with Gasteiger partial charge in [-0.3, -0.25) is 14.5 Å². The number of alkyl halides is 2. The maximum absolute atomic E-state index is 12.6. The van der Waals surface area contributed by atoms with Crippen molar-refractivity contribution in [2.75, 3.05) is 13.2 Å². The molecule has 2 saturated carbocycles. The summed E-state index contributed by atoms with van der Waals surface area (Å²) in [7, 11) is 0. The topological polar surface area (TPSA) is 46.6 Å². The van der Waals surface area contributed by atoms with E-state index in [1.807, 2.05) is 0 Å². The van der Waals surface area contributed by atoms with Crippen LogP contribution in [0.4, 0.5) is 0 Å². The first kappa shape index (κ1) is 13.7. The molecule has 20 heavy (non-hydrogen) atoms. The third kappa shape index (κ3) is 1.73. The third-order valence-corrected chi connectivity index (χ3v) is 8.70. The molecule has 0 unspecified atom stereocenters. The number of fused-ring (bicyclic) bond motifs is 5. The van der Waals surface area contributed by atoms with Crippen LogP contribution in [0.2, 0.25) is 0 Å². The Balaban J connectivity index is 1.57. The number of carbonyl (C=O) groups excluding carboxylic acids is 2. The number of likely N-dealkylation sites (tertiary alicyclic amines) is 1. The highest BCUT2D eigenvalue weighted by atomic mass is 79.9. The fourth-order valence-electron chi connectivity index (χ4n) is 4.58. The minimum Gasteiger partial charge on any atom is -0.376 e. The van der Waals surface area contributed by atoms with Crippen molar-refractivity contribution in [2.24, 2.45) is 23.7 Å². The van der Waals surface area contributed by atoms with Gasteiger partial charge in [0.25, 0.3) is 0 Å². The second-order valence-electron chi connectivity index (χ2n) is 6.43. The van der Waals surface area contributed by atoms with Crippen LogP contribution in [0.25, 0.3) is 0 Å². The van der Waals surface area contributed by atoms with Gasteiger partial charge in [0.1, 0.15) is 0 Å². The number of carbonyl (C=O) groups is 2. The van der Waals surface area contributed by atoms with Crippen molar-refractivity contribution < 1.29 is 14.3 Å². The summed E-state index contributed by atoms with van der Waals surface area (Å²) in [6, 6.07) is 0. The van der Waals surface area contributed by atoms with Gasteiger partial charge in [-0.25, -0.2) is 0 Å². The number of nitrogens with zero attached hydrogens (tertiary/aromatic N) is 1. The van der Waals surface area contributed by atoms with E-state index in [2.05, 4.69) is 31.9 Å². The van der Waals surface area contributed by atoms with Crippen molar-refractivity contribution in [3.63, 3.8) is 0 Å². The Morgan fingerprint density at radius 2 is 1.70 bits per heavy atom. The predicted molar refractivity (Wildman–Crippen MR) is 79.7 cm³/mol. The molecule has 0 radical (unpaired) electrons. The van der Waals surface area contributed by atoms with Gasteiger partial charge < -0.3 is 4.74 Å². The molecule has 0 aromatic rings. The lowest BCUT2D eigenvalue weighted by atomic mass is 9.81. The zero-order chi connectivity index (χ0) is 14.0. The number of hydrogen-bond acceptors (Lipinski definition) is 3. The molecule has 2 aliphatic carbocycles. The Labute approximate surface area is 134 Å². The zero-order valence-electron chi connectivity index (χ0n) is 11.0. The van der Waals surface area contributed by atoms with Gasteiger partial charge in [0, 0.05) is 16.3 Å². The summed E-state index contributed by atoms with van der Waals surface area (Å²) in [6.07, 6.45) is 3.04. The summed E-state index contributed by atoms with van der Waals surface area (Å²) in [4.78, 5) is 27.4. The van der Waals surface area contributed by atoms with Gasteiger partial charge in [0.05, 0.1) is 24.5 Å². The van der Waals surface area contributed by atoms with E-state index in [1.54, 1.807) is 0 Å². The molecule has 7 atom stereocenters. The second kappa shape index (κ2) is 4.78. The normalized spacial score (nSPS) is 50.3. The van der Waals surface area contributed by atoms with Gasteiger partial charge in [0.2, 0.25) is 11.8 Å². The monoisotopic (exact) mass is 405 g/mol. The van der Waals surface area contributed by atoms with Crippen LogP contribution in [0.1, 0.15) is 19.3 Å². The minimum atomic E-state index is -0.0907. The average molecular weight is 407 g/mol. The molecule has 2 saturated heterocycles. The predicted octanol–water partition coefficient (Wildman–Crippen LogP) is 1.94. The van der Waals surface area contributed by atoms with Crippen molar-refractivity contribution >= 4 is 43.7 Å². The highest BCUT2D eigenvalue weighted by Crippen LogP contribution is 2.60. The summed E-state index contributed by atoms with van der Waals surface area (Å²) < 4.78 is 5.58. The van der Waals surface area contributed by atoms with Gasteiger partial charge in [-0.05, 0) is 31.1 Å². The molecule has 4 aliphatic rings. The molecule has 2 amide bonds. The molecule has 4 fully saturated rings. The van der Waals surface area contributed by atoms with Crippen LogP contribution >= 0.6 is 31.9 Å². The van der Waals surface area contributed by atoms with Gasteiger partial charge in [-0.2, -0.15) is 0 Å². The first-order valence-corrected chi connectivity index (χ1v) is 9.17. The zero-order valence-corrected chi connectivity index (χ0v) is 14.2. The standard InChI is InChI=1S/C14H17Br2NO3/c15-11-7-4-8(12(11)16)10-9(7)13(18)17(14(10)19)5-6-2-1-3-20-6/h6-12H,1-5H2/t6-,7+,8+,9+,10+,11-,12-/m0/s1. The first-order valence-electron chi connectivity index (χ1n) is 7.34. The summed E-state index contributed by atoms with van der Waals surface area (Å²) in [5, 5.41) is 0. The maximum Gasteiger partial charge on any atom is 0.233 e. The van der Waals surface area contributed by atoms with Crippen molar-refractivity contribution in [1.29, 1.82) is 0 Å². The van der Waals surface area contributed by atoms with E-state index in [1.165, 1.54) is 4.90 Å². The minimum absolute atomic E-state index is 0.0480. The molecule has 110 valence electrons. The van der Waals surface area contributed by atoms with Crippen LogP contribution in [-0.2, 0) is 14.3 Å². The fraction of sp³-hybridized carbons (Fsp3) is 0.857. The van der Waals surface area contributed by atoms with Crippen LogP contribution in [0.3, 0.4) is 0 Å². The molecular formula is C14H17Br2NO3. The average Bonchev–Trinajstić information content (AvgIpc) is 3.15. The first-order chi connectivity index (χ1) is 9.59. The van der Waals surface area contributed by atoms with Crippen molar-refractivity contribution in [3.05, 3.63) is 0 Å². The quantitative estimate of drug-likeness (QED) is 0.520. The van der Waals surface area contributed by atoms with E-state index < -0.39 is 0 Å². The summed E-state index contributed by atoms with van der Waals surface area (Å²) in [5.74, 6) is 0.526. The molecule has 0 aromatic carbocycles. The lowest BCUT2D eigenvalue weighted by Gasteiger charge is -2.28. The van der Waals surface area contributed by atoms with E-state index in [0.29, 0.717) is 28.0 Å².